The van der Waals surface area contributed by atoms with Crippen molar-refractivity contribution in [3.8, 4) is 0 Å². The van der Waals surface area contributed by atoms with Crippen molar-refractivity contribution < 1.29 is 0 Å². The van der Waals surface area contributed by atoms with Gasteiger partial charge >= 0.3 is 0 Å². The Hall–Kier alpha value is -1.22. The van der Waals surface area contributed by atoms with Gasteiger partial charge in [0, 0.05) is 18.8 Å². The monoisotopic (exact) mass is 163 g/mol. The molecule has 1 aromatic heterocycles. The van der Waals surface area contributed by atoms with E-state index in [1.807, 2.05) is 19.1 Å². The molecule has 64 valence electrons. The molecule has 0 spiro atoms. The maximum absolute atomic E-state index is 4.08. The molecule has 0 aliphatic heterocycles. The first-order valence-corrected chi connectivity index (χ1v) is 3.93. The van der Waals surface area contributed by atoms with Crippen molar-refractivity contribution in [2.45, 2.75) is 19.5 Å². The van der Waals surface area contributed by atoms with Gasteiger partial charge < -0.3 is 5.32 Å². The fourth-order valence-corrected chi connectivity index (χ4v) is 0.772. The summed E-state index contributed by atoms with van der Waals surface area (Å²) >= 11 is 0. The summed E-state index contributed by atoms with van der Waals surface area (Å²) in [4.78, 5) is 7.91. The topological polar surface area (TPSA) is 37.8 Å². The summed E-state index contributed by atoms with van der Waals surface area (Å²) in [6.45, 7) is 6.49. The van der Waals surface area contributed by atoms with Gasteiger partial charge in [-0.3, -0.25) is 0 Å². The van der Waals surface area contributed by atoms with Gasteiger partial charge in [-0.15, -0.1) is 6.58 Å². The zero-order chi connectivity index (χ0) is 8.81. The summed E-state index contributed by atoms with van der Waals surface area (Å²) in [5.41, 5.74) is 0.999. The predicted octanol–water partition coefficient (Wildman–Crippen LogP) is 1.14. The molecular weight excluding hydrogens is 150 g/mol. The molecule has 0 aromatic carbocycles. The summed E-state index contributed by atoms with van der Waals surface area (Å²) in [7, 11) is 0. The molecule has 0 amide bonds. The van der Waals surface area contributed by atoms with Gasteiger partial charge in [-0.25, -0.2) is 9.97 Å². The van der Waals surface area contributed by atoms with E-state index in [0.717, 1.165) is 12.2 Å². The lowest BCUT2D eigenvalue weighted by Gasteiger charge is -2.07. The summed E-state index contributed by atoms with van der Waals surface area (Å²) in [6, 6.07) is 2.21. The van der Waals surface area contributed by atoms with Crippen LogP contribution in [0.25, 0.3) is 0 Å². The third-order valence-corrected chi connectivity index (χ3v) is 1.60. The third-order valence-electron chi connectivity index (χ3n) is 1.60. The number of rotatable bonds is 4. The highest BCUT2D eigenvalue weighted by molar-refractivity contribution is 4.98. The summed E-state index contributed by atoms with van der Waals surface area (Å²) in [6.07, 6.45) is 5.15. The van der Waals surface area contributed by atoms with Crippen LogP contribution in [0.1, 0.15) is 12.6 Å². The van der Waals surface area contributed by atoms with Gasteiger partial charge in [-0.05, 0) is 13.0 Å². The molecule has 1 heterocycles. The minimum Gasteiger partial charge on any atom is -0.305 e. The van der Waals surface area contributed by atoms with Gasteiger partial charge in [-0.1, -0.05) is 6.08 Å². The van der Waals surface area contributed by atoms with E-state index in [9.17, 15) is 0 Å². The van der Waals surface area contributed by atoms with Crippen molar-refractivity contribution in [2.24, 2.45) is 0 Å². The van der Waals surface area contributed by atoms with Crippen molar-refractivity contribution in [3.63, 3.8) is 0 Å². The average Bonchev–Trinajstić information content (AvgIpc) is 2.16. The van der Waals surface area contributed by atoms with Gasteiger partial charge in [0.25, 0.3) is 0 Å². The first kappa shape index (κ1) is 8.87. The first-order chi connectivity index (χ1) is 5.83. The normalized spacial score (nSPS) is 12.4. The quantitative estimate of drug-likeness (QED) is 0.676. The molecule has 1 N–H and O–H groups in total. The molecule has 0 bridgehead atoms. The number of hydrogen-bond donors (Lipinski definition) is 1. The van der Waals surface area contributed by atoms with Crippen LogP contribution < -0.4 is 5.32 Å². The number of nitrogens with zero attached hydrogens (tertiary/aromatic N) is 2. The number of aromatic nitrogens is 2. The lowest BCUT2D eigenvalue weighted by atomic mass is 10.3. The van der Waals surface area contributed by atoms with E-state index in [4.69, 9.17) is 0 Å². The van der Waals surface area contributed by atoms with Crippen molar-refractivity contribution in [2.75, 3.05) is 0 Å². The Morgan fingerprint density at radius 3 is 3.17 bits per heavy atom. The highest BCUT2D eigenvalue weighted by atomic mass is 14.9. The molecule has 3 nitrogen and oxygen atoms in total. The van der Waals surface area contributed by atoms with Crippen molar-refractivity contribution in [1.29, 1.82) is 0 Å². The Morgan fingerprint density at radius 2 is 2.58 bits per heavy atom. The molecule has 3 heteroatoms. The van der Waals surface area contributed by atoms with Crippen LogP contribution in [-0.4, -0.2) is 16.0 Å². The highest BCUT2D eigenvalue weighted by Gasteiger charge is 1.95. The fraction of sp³-hybridized carbons (Fsp3) is 0.333. The lowest BCUT2D eigenvalue weighted by Crippen LogP contribution is -2.23. The zero-order valence-electron chi connectivity index (χ0n) is 7.20. The van der Waals surface area contributed by atoms with Crippen LogP contribution in [0.3, 0.4) is 0 Å². The van der Waals surface area contributed by atoms with Crippen LogP contribution in [-0.2, 0) is 6.54 Å². The second-order valence-corrected chi connectivity index (χ2v) is 2.61. The van der Waals surface area contributed by atoms with Crippen LogP contribution in [0.15, 0.2) is 31.2 Å². The van der Waals surface area contributed by atoms with E-state index in [0.29, 0.717) is 6.04 Å². The van der Waals surface area contributed by atoms with E-state index < -0.39 is 0 Å². The first-order valence-electron chi connectivity index (χ1n) is 3.93. The maximum Gasteiger partial charge on any atom is 0.115 e. The Balaban J connectivity index is 2.38. The van der Waals surface area contributed by atoms with Gasteiger partial charge in [0.15, 0.2) is 0 Å². The molecular formula is C9H13N3. The van der Waals surface area contributed by atoms with Crippen molar-refractivity contribution in [3.05, 3.63) is 36.9 Å². The Labute approximate surface area is 72.6 Å². The van der Waals surface area contributed by atoms with E-state index in [-0.39, 0.29) is 0 Å². The van der Waals surface area contributed by atoms with Crippen LogP contribution >= 0.6 is 0 Å². The Morgan fingerprint density at radius 1 is 1.75 bits per heavy atom. The van der Waals surface area contributed by atoms with E-state index in [1.165, 1.54) is 0 Å². The summed E-state index contributed by atoms with van der Waals surface area (Å²) in [5.74, 6) is 0. The second kappa shape index (κ2) is 4.62. The largest absolute Gasteiger partial charge is 0.305 e. The van der Waals surface area contributed by atoms with Gasteiger partial charge in [0.05, 0.1) is 5.69 Å². The summed E-state index contributed by atoms with van der Waals surface area (Å²) in [5, 5.41) is 3.24. The fourth-order valence-electron chi connectivity index (χ4n) is 0.772. The standard InChI is InChI=1S/C9H13N3/c1-3-8(2)11-6-9-4-5-10-7-12-9/h3-5,7-8,11H,1,6H2,2H3. The molecule has 0 fully saturated rings. The molecule has 0 saturated carbocycles. The Bertz CT molecular complexity index is 233. The molecule has 1 aromatic rings. The molecule has 0 radical (unpaired) electrons. The molecule has 1 rings (SSSR count). The minimum atomic E-state index is 0.319. The smallest absolute Gasteiger partial charge is 0.115 e. The van der Waals surface area contributed by atoms with Crippen molar-refractivity contribution in [1.82, 2.24) is 15.3 Å². The van der Waals surface area contributed by atoms with Gasteiger partial charge in [0.2, 0.25) is 0 Å². The summed E-state index contributed by atoms with van der Waals surface area (Å²) < 4.78 is 0. The van der Waals surface area contributed by atoms with E-state index >= 15 is 0 Å². The zero-order valence-corrected chi connectivity index (χ0v) is 7.20. The molecule has 1 atom stereocenters. The SMILES string of the molecule is C=CC(C)NCc1ccncn1. The van der Waals surface area contributed by atoms with Crippen molar-refractivity contribution >= 4 is 0 Å². The average molecular weight is 163 g/mol. The maximum atomic E-state index is 4.08. The second-order valence-electron chi connectivity index (χ2n) is 2.61. The van der Waals surface area contributed by atoms with E-state index in [2.05, 4.69) is 21.9 Å². The third kappa shape index (κ3) is 2.80. The number of nitrogens with one attached hydrogen (secondary N) is 1. The predicted molar refractivity (Wildman–Crippen MR) is 48.5 cm³/mol. The van der Waals surface area contributed by atoms with Gasteiger partial charge in [0.1, 0.15) is 6.33 Å². The van der Waals surface area contributed by atoms with E-state index in [1.54, 1.807) is 12.5 Å². The molecule has 0 aliphatic carbocycles. The van der Waals surface area contributed by atoms with Crippen LogP contribution in [0, 0.1) is 0 Å². The highest BCUT2D eigenvalue weighted by Crippen LogP contribution is 1.91. The van der Waals surface area contributed by atoms with Crippen LogP contribution in [0.5, 0.6) is 0 Å². The molecule has 0 saturated heterocycles. The van der Waals surface area contributed by atoms with Crippen LogP contribution in [0.4, 0.5) is 0 Å². The lowest BCUT2D eigenvalue weighted by molar-refractivity contribution is 0.623. The Kier molecular flexibility index (Phi) is 3.41. The number of hydrogen-bond acceptors (Lipinski definition) is 3. The minimum absolute atomic E-state index is 0.319. The molecule has 0 aliphatic rings. The molecule has 1 unspecified atom stereocenters. The van der Waals surface area contributed by atoms with Gasteiger partial charge in [-0.2, -0.15) is 0 Å². The van der Waals surface area contributed by atoms with Crippen LogP contribution in [0.2, 0.25) is 0 Å². The molecule has 12 heavy (non-hydrogen) atoms.